The van der Waals surface area contributed by atoms with Crippen LogP contribution in [0.25, 0.3) is 11.4 Å². The Hall–Kier alpha value is -3.50. The minimum atomic E-state index is -0.219. The SMILES string of the molecule is C=CCn1c(SCc2ccc(C(=O)Nc3ncc(Cc4cccc(Cl)c4Cl)s3)cc2)nnc1-c1ccncc1. The smallest absolute Gasteiger partial charge is 0.257 e. The summed E-state index contributed by atoms with van der Waals surface area (Å²) in [4.78, 5) is 22.2. The average Bonchev–Trinajstić information content (AvgIpc) is 3.57. The van der Waals surface area contributed by atoms with Gasteiger partial charge in [-0.3, -0.25) is 19.7 Å². The van der Waals surface area contributed by atoms with Crippen molar-refractivity contribution in [3.63, 3.8) is 0 Å². The van der Waals surface area contributed by atoms with Crippen LogP contribution in [0.1, 0.15) is 26.4 Å². The van der Waals surface area contributed by atoms with Crippen LogP contribution in [-0.2, 0) is 18.7 Å². The Kier molecular flexibility index (Phi) is 8.73. The molecule has 0 radical (unpaired) electrons. The molecule has 196 valence electrons. The van der Waals surface area contributed by atoms with E-state index < -0.39 is 0 Å². The molecule has 0 saturated carbocycles. The number of thiazole rings is 1. The van der Waals surface area contributed by atoms with Crippen LogP contribution < -0.4 is 5.32 Å². The second-order valence-electron chi connectivity index (χ2n) is 8.40. The van der Waals surface area contributed by atoms with Crippen molar-refractivity contribution in [2.45, 2.75) is 23.9 Å². The predicted molar refractivity (Wildman–Crippen MR) is 159 cm³/mol. The van der Waals surface area contributed by atoms with Gasteiger partial charge in [-0.2, -0.15) is 0 Å². The summed E-state index contributed by atoms with van der Waals surface area (Å²) in [5.74, 6) is 1.23. The third-order valence-electron chi connectivity index (χ3n) is 5.72. The van der Waals surface area contributed by atoms with Gasteiger partial charge in [-0.1, -0.05) is 65.3 Å². The average molecular weight is 594 g/mol. The van der Waals surface area contributed by atoms with Crippen LogP contribution in [0.15, 0.2) is 91.0 Å². The van der Waals surface area contributed by atoms with Crippen molar-refractivity contribution in [2.24, 2.45) is 0 Å². The number of anilines is 1. The number of benzene rings is 2. The van der Waals surface area contributed by atoms with Crippen LogP contribution >= 0.6 is 46.3 Å². The highest BCUT2D eigenvalue weighted by Gasteiger charge is 2.15. The maximum Gasteiger partial charge on any atom is 0.257 e. The third kappa shape index (κ3) is 6.57. The number of thioether (sulfide) groups is 1. The number of amides is 1. The lowest BCUT2D eigenvalue weighted by Gasteiger charge is -2.08. The lowest BCUT2D eigenvalue weighted by Crippen LogP contribution is -2.11. The molecular weight excluding hydrogens is 571 g/mol. The lowest BCUT2D eigenvalue weighted by atomic mass is 10.1. The first-order valence-corrected chi connectivity index (χ1v) is 14.4. The normalized spacial score (nSPS) is 10.9. The fourth-order valence-electron chi connectivity index (χ4n) is 3.79. The van der Waals surface area contributed by atoms with Crippen molar-refractivity contribution in [2.75, 3.05) is 5.32 Å². The third-order valence-corrected chi connectivity index (χ3v) is 8.53. The number of nitrogens with zero attached hydrogens (tertiary/aromatic N) is 5. The molecule has 0 bridgehead atoms. The summed E-state index contributed by atoms with van der Waals surface area (Å²) in [6.07, 6.45) is 7.62. The number of rotatable bonds is 10. The van der Waals surface area contributed by atoms with E-state index in [1.807, 2.05) is 59.2 Å². The number of carbonyl (C=O) groups excluding carboxylic acids is 1. The fraction of sp³-hybridized carbons (Fsp3) is 0.107. The van der Waals surface area contributed by atoms with E-state index in [1.54, 1.807) is 36.4 Å². The van der Waals surface area contributed by atoms with Gasteiger partial charge in [0, 0.05) is 53.3 Å². The van der Waals surface area contributed by atoms with E-state index in [9.17, 15) is 4.79 Å². The van der Waals surface area contributed by atoms with Crippen molar-refractivity contribution in [1.29, 1.82) is 0 Å². The van der Waals surface area contributed by atoms with Crippen molar-refractivity contribution >= 4 is 57.3 Å². The van der Waals surface area contributed by atoms with Gasteiger partial charge < -0.3 is 0 Å². The first-order valence-electron chi connectivity index (χ1n) is 11.9. The molecule has 7 nitrogen and oxygen atoms in total. The zero-order chi connectivity index (χ0) is 27.2. The molecule has 0 spiro atoms. The first kappa shape index (κ1) is 27.1. The van der Waals surface area contributed by atoms with Crippen LogP contribution in [-0.4, -0.2) is 30.6 Å². The standard InChI is InChI=1S/C28H22Cl2N6OS2/c1-2-14-36-25(19-10-12-31-13-11-19)34-35-28(36)38-17-18-6-8-20(9-7-18)26(37)33-27-32-16-22(39-27)15-21-4-3-5-23(29)24(21)30/h2-13,16H,1,14-15,17H2,(H,32,33,37). The molecule has 11 heteroatoms. The molecule has 0 saturated heterocycles. The Morgan fingerprint density at radius 2 is 1.87 bits per heavy atom. The second-order valence-corrected chi connectivity index (χ2v) is 11.2. The van der Waals surface area contributed by atoms with Gasteiger partial charge in [-0.25, -0.2) is 4.98 Å². The lowest BCUT2D eigenvalue weighted by molar-refractivity contribution is 0.102. The molecule has 0 fully saturated rings. The van der Waals surface area contributed by atoms with Crippen LogP contribution in [0.3, 0.4) is 0 Å². The maximum absolute atomic E-state index is 12.8. The van der Waals surface area contributed by atoms with Gasteiger partial charge >= 0.3 is 0 Å². The van der Waals surface area contributed by atoms with E-state index in [-0.39, 0.29) is 5.91 Å². The summed E-state index contributed by atoms with van der Waals surface area (Å²) in [6.45, 7) is 4.46. The minimum absolute atomic E-state index is 0.219. The van der Waals surface area contributed by atoms with E-state index in [4.69, 9.17) is 23.2 Å². The molecule has 3 aromatic heterocycles. The number of carbonyl (C=O) groups is 1. The molecule has 1 amide bonds. The molecule has 2 aromatic carbocycles. The highest BCUT2D eigenvalue weighted by molar-refractivity contribution is 7.98. The van der Waals surface area contributed by atoms with Crippen LogP contribution in [0.4, 0.5) is 5.13 Å². The summed E-state index contributed by atoms with van der Waals surface area (Å²) < 4.78 is 2.03. The predicted octanol–water partition coefficient (Wildman–Crippen LogP) is 7.42. The van der Waals surface area contributed by atoms with Gasteiger partial charge in [0.15, 0.2) is 16.1 Å². The van der Waals surface area contributed by atoms with Crippen LogP contribution in [0.5, 0.6) is 0 Å². The molecule has 0 aliphatic carbocycles. The number of halogens is 2. The number of pyridine rings is 1. The topological polar surface area (TPSA) is 85.6 Å². The monoisotopic (exact) mass is 592 g/mol. The zero-order valence-corrected chi connectivity index (χ0v) is 23.7. The largest absolute Gasteiger partial charge is 0.298 e. The summed E-state index contributed by atoms with van der Waals surface area (Å²) in [7, 11) is 0. The molecule has 3 heterocycles. The Balaban J connectivity index is 1.20. The summed E-state index contributed by atoms with van der Waals surface area (Å²) in [6, 6.07) is 16.8. The molecule has 39 heavy (non-hydrogen) atoms. The molecule has 1 N–H and O–H groups in total. The number of hydrogen-bond acceptors (Lipinski definition) is 7. The molecule has 0 unspecified atom stereocenters. The number of nitrogens with one attached hydrogen (secondary N) is 1. The Morgan fingerprint density at radius 3 is 2.64 bits per heavy atom. The molecule has 0 aliphatic rings. The Bertz CT molecular complexity index is 1600. The number of allylic oxidation sites excluding steroid dienone is 1. The fourth-order valence-corrected chi connectivity index (χ4v) is 5.91. The molecule has 5 aromatic rings. The first-order chi connectivity index (χ1) is 19.0. The van der Waals surface area contributed by atoms with E-state index in [0.717, 1.165) is 32.5 Å². The van der Waals surface area contributed by atoms with Gasteiger partial charge in [-0.05, 0) is 41.5 Å². The van der Waals surface area contributed by atoms with E-state index in [1.165, 1.54) is 11.3 Å². The van der Waals surface area contributed by atoms with E-state index in [2.05, 4.69) is 32.1 Å². The molecule has 0 atom stereocenters. The van der Waals surface area contributed by atoms with Gasteiger partial charge in [-0.15, -0.1) is 28.1 Å². The minimum Gasteiger partial charge on any atom is -0.298 e. The summed E-state index contributed by atoms with van der Waals surface area (Å²) in [5.41, 5.74) is 3.47. The van der Waals surface area contributed by atoms with Crippen molar-refractivity contribution < 1.29 is 4.79 Å². The number of aromatic nitrogens is 5. The van der Waals surface area contributed by atoms with Crippen LogP contribution in [0, 0.1) is 0 Å². The van der Waals surface area contributed by atoms with Gasteiger partial charge in [0.05, 0.1) is 10.0 Å². The van der Waals surface area contributed by atoms with E-state index >= 15 is 0 Å². The molecular formula is C28H22Cl2N6OS2. The van der Waals surface area contributed by atoms with Crippen molar-refractivity contribution in [3.8, 4) is 11.4 Å². The van der Waals surface area contributed by atoms with E-state index in [0.29, 0.717) is 39.5 Å². The van der Waals surface area contributed by atoms with Crippen molar-refractivity contribution in [1.82, 2.24) is 24.7 Å². The highest BCUT2D eigenvalue weighted by Crippen LogP contribution is 2.30. The molecule has 5 rings (SSSR count). The van der Waals surface area contributed by atoms with Gasteiger partial charge in [0.25, 0.3) is 5.91 Å². The highest BCUT2D eigenvalue weighted by atomic mass is 35.5. The van der Waals surface area contributed by atoms with Crippen molar-refractivity contribution in [3.05, 3.63) is 117 Å². The van der Waals surface area contributed by atoms with Gasteiger partial charge in [0.1, 0.15) is 0 Å². The summed E-state index contributed by atoms with van der Waals surface area (Å²) in [5, 5.41) is 14.0. The second kappa shape index (κ2) is 12.6. The molecule has 0 aliphatic heterocycles. The Morgan fingerprint density at radius 1 is 1.08 bits per heavy atom. The van der Waals surface area contributed by atoms with Gasteiger partial charge in [0.2, 0.25) is 0 Å². The van der Waals surface area contributed by atoms with Crippen LogP contribution in [0.2, 0.25) is 10.0 Å². The number of hydrogen-bond donors (Lipinski definition) is 1. The zero-order valence-electron chi connectivity index (χ0n) is 20.6. The summed E-state index contributed by atoms with van der Waals surface area (Å²) >= 11 is 15.4. The quantitative estimate of drug-likeness (QED) is 0.134. The Labute approximate surface area is 244 Å². The maximum atomic E-state index is 12.8.